The van der Waals surface area contributed by atoms with Crippen LogP contribution in [0.4, 0.5) is 0 Å². The zero-order valence-corrected chi connectivity index (χ0v) is 33.5. The van der Waals surface area contributed by atoms with Crippen LogP contribution in [-0.4, -0.2) is 10.9 Å². The predicted molar refractivity (Wildman–Crippen MR) is 158 cm³/mol. The molecule has 0 nitrogen and oxygen atoms in total. The Morgan fingerprint density at radius 1 is 0.605 bits per heavy atom. The van der Waals surface area contributed by atoms with Crippen LogP contribution in [0.1, 0.15) is 79.1 Å². The molecule has 0 saturated heterocycles. The molecule has 0 aromatic rings. The van der Waals surface area contributed by atoms with E-state index in [2.05, 4.69) is 102 Å². The van der Waals surface area contributed by atoms with Gasteiger partial charge in [0.15, 0.2) is 0 Å². The second-order valence-corrected chi connectivity index (χ2v) is 27.5. The third kappa shape index (κ3) is 31.2. The van der Waals surface area contributed by atoms with Crippen LogP contribution < -0.4 is 24.8 Å². The molecule has 0 aromatic heterocycles. The van der Waals surface area contributed by atoms with Crippen LogP contribution in [-0.2, 0) is 46.7 Å². The molecule has 0 spiro atoms. The van der Waals surface area contributed by atoms with Gasteiger partial charge in [-0.3, -0.25) is 24.3 Å². The van der Waals surface area contributed by atoms with Crippen molar-refractivity contribution in [2.45, 2.75) is 105 Å². The number of allylic oxidation sites excluding steroid dienone is 16. The first-order valence-electron chi connectivity index (χ1n) is 13.2. The van der Waals surface area contributed by atoms with E-state index in [0.717, 1.165) is 25.7 Å². The summed E-state index contributed by atoms with van der Waals surface area (Å²) in [6.45, 7) is 18.1. The van der Waals surface area contributed by atoms with Crippen molar-refractivity contribution in [2.75, 3.05) is 0 Å². The normalized spacial score (nSPS) is 14.4. The monoisotopic (exact) mass is 738 g/mol. The first-order valence-corrected chi connectivity index (χ1v) is 25.6. The molecule has 0 aromatic carbocycles. The Bertz CT molecular complexity index is 774. The standard InChI is InChI=1S/2C9H13.2C5H5.2C2H6Si.2ClH.2Zr/c2*1-3-8-6-5-7-9(8)4-2;2*1-2-4-5-3-1;2*1-3-2;;;;/h2*6H,3-4,7H2,1-2H3;2*1-3H,4H2;2*1-2H3;2*1H;;/q4*-1;;;;;2*+2/p-2. The Labute approximate surface area is 280 Å². The second kappa shape index (κ2) is 33.9. The average molecular weight is 742 g/mol. The van der Waals surface area contributed by atoms with E-state index in [1.165, 1.54) is 36.8 Å². The summed E-state index contributed by atoms with van der Waals surface area (Å²) in [6, 6.07) is 0. The fourth-order valence-corrected chi connectivity index (χ4v) is 3.11. The Kier molecular flexibility index (Phi) is 40.8. The van der Waals surface area contributed by atoms with Crippen molar-refractivity contribution >= 4 is 10.9 Å². The molecule has 208 valence electrons. The molecule has 0 bridgehead atoms. The van der Waals surface area contributed by atoms with E-state index in [1.807, 2.05) is 24.3 Å². The van der Waals surface area contributed by atoms with Crippen LogP contribution in [0.15, 0.2) is 70.9 Å². The van der Waals surface area contributed by atoms with E-state index < -0.39 is 0 Å². The number of hydrogen-bond acceptors (Lipinski definition) is 0. The quantitative estimate of drug-likeness (QED) is 0.303. The van der Waals surface area contributed by atoms with Crippen molar-refractivity contribution in [3.05, 3.63) is 95.2 Å². The molecule has 0 fully saturated rings. The molecule has 4 rings (SSSR count). The van der Waals surface area contributed by atoms with Crippen LogP contribution in [0.25, 0.3) is 0 Å². The molecule has 0 N–H and O–H groups in total. The van der Waals surface area contributed by atoms with E-state index in [4.69, 9.17) is 0 Å². The van der Waals surface area contributed by atoms with Gasteiger partial charge in [0.25, 0.3) is 0 Å². The Hall–Kier alpha value is 0.700. The topological polar surface area (TPSA) is 0 Å². The summed E-state index contributed by atoms with van der Waals surface area (Å²) in [5.74, 6) is 0. The smallest absolute Gasteiger partial charge is 0.109 e. The van der Waals surface area contributed by atoms with Crippen molar-refractivity contribution in [1.29, 1.82) is 0 Å². The van der Waals surface area contributed by atoms with Crippen LogP contribution in [0.2, 0.25) is 26.2 Å². The van der Waals surface area contributed by atoms with Gasteiger partial charge in [-0.05, 0) is 0 Å². The van der Waals surface area contributed by atoms with Gasteiger partial charge in [0.05, 0.1) is 0 Å². The summed E-state index contributed by atoms with van der Waals surface area (Å²) in [4.78, 5) is 0. The fourth-order valence-electron chi connectivity index (χ4n) is 3.11. The van der Waals surface area contributed by atoms with Crippen LogP contribution in [0.3, 0.4) is 0 Å². The molecule has 0 aliphatic heterocycles. The molecule has 0 radical (unpaired) electrons. The number of rotatable bonds is 4. The summed E-state index contributed by atoms with van der Waals surface area (Å²) in [5, 5.41) is 0. The van der Waals surface area contributed by atoms with Gasteiger partial charge in [0.1, 0.15) is 0 Å². The van der Waals surface area contributed by atoms with Crippen molar-refractivity contribution in [1.82, 2.24) is 0 Å². The molecule has 38 heavy (non-hydrogen) atoms. The molecule has 0 unspecified atom stereocenters. The molecular formula is C32H48Cl2Si2Zr2-2. The zero-order chi connectivity index (χ0) is 27.6. The molecule has 0 amide bonds. The van der Waals surface area contributed by atoms with Gasteiger partial charge in [-0.15, -0.1) is 25.7 Å². The molecule has 0 atom stereocenters. The van der Waals surface area contributed by atoms with Crippen LogP contribution in [0.5, 0.6) is 0 Å². The summed E-state index contributed by atoms with van der Waals surface area (Å²) in [7, 11) is 0. The van der Waals surface area contributed by atoms with Gasteiger partial charge >= 0.3 is 83.7 Å². The molecule has 0 heterocycles. The summed E-state index contributed by atoms with van der Waals surface area (Å²) < 4.78 is 0. The van der Waals surface area contributed by atoms with E-state index in [0.29, 0.717) is 0 Å². The van der Waals surface area contributed by atoms with Gasteiger partial charge in [0.2, 0.25) is 0 Å². The number of halogens is 2. The minimum Gasteiger partial charge on any atom is -1.00 e. The minimum atomic E-state index is 0. The van der Waals surface area contributed by atoms with Crippen LogP contribution >= 0.6 is 0 Å². The zero-order valence-electron chi connectivity index (χ0n) is 25.0. The maximum Gasteiger partial charge on any atom is -0.109 e. The summed E-state index contributed by atoms with van der Waals surface area (Å²) in [6.07, 6.45) is 37.6. The van der Waals surface area contributed by atoms with E-state index >= 15 is 0 Å². The Balaban J connectivity index is -0.000000187. The van der Waals surface area contributed by atoms with Gasteiger partial charge in [-0.2, -0.15) is 34.4 Å². The SMILES string of the molecule is CCC1=C(CC)C[C-]=C1.CCC1=C(CC)C[C-]=C1.C[Si](C)=[Zr+2].C[Si](C)=[Zr+2].[C-]1=CC=CC1.[C-]1=CC=CC1.[Cl-].[Cl-]. The third-order valence-corrected chi connectivity index (χ3v) is 4.88. The maximum absolute atomic E-state index is 3.23. The predicted octanol–water partition coefficient (Wildman–Crippen LogP) is 3.92. The first kappa shape index (κ1) is 45.7. The summed E-state index contributed by atoms with van der Waals surface area (Å²) >= 11 is 3.48. The minimum absolute atomic E-state index is 0. The molecule has 4 aliphatic carbocycles. The first-order chi connectivity index (χ1) is 17.2. The van der Waals surface area contributed by atoms with E-state index in [-0.39, 0.29) is 35.7 Å². The van der Waals surface area contributed by atoms with Gasteiger partial charge in [-0.1, -0.05) is 53.4 Å². The van der Waals surface area contributed by atoms with Gasteiger partial charge < -0.3 is 24.8 Å². The molecule has 4 aliphatic rings. The van der Waals surface area contributed by atoms with Crippen molar-refractivity contribution < 1.29 is 71.5 Å². The fraction of sp³-hybridized carbons (Fsp3) is 0.500. The van der Waals surface area contributed by atoms with Gasteiger partial charge in [0, 0.05) is 0 Å². The largest absolute Gasteiger partial charge is 1.00 e. The third-order valence-electron chi connectivity index (χ3n) is 4.88. The van der Waals surface area contributed by atoms with Crippen molar-refractivity contribution in [2.24, 2.45) is 0 Å². The second-order valence-electron chi connectivity index (χ2n) is 8.73. The summed E-state index contributed by atoms with van der Waals surface area (Å²) in [5.41, 5.74) is 6.61. The Morgan fingerprint density at radius 3 is 1.05 bits per heavy atom. The van der Waals surface area contributed by atoms with E-state index in [1.54, 1.807) is 57.8 Å². The van der Waals surface area contributed by atoms with Crippen molar-refractivity contribution in [3.63, 3.8) is 0 Å². The van der Waals surface area contributed by atoms with Crippen LogP contribution in [0, 0.1) is 24.3 Å². The number of hydrogen-bond donors (Lipinski definition) is 0. The average Bonchev–Trinajstić information content (AvgIpc) is 3.68. The van der Waals surface area contributed by atoms with E-state index in [9.17, 15) is 0 Å². The van der Waals surface area contributed by atoms with Crippen molar-refractivity contribution in [3.8, 4) is 0 Å². The maximum atomic E-state index is 3.23. The molecule has 0 saturated carbocycles. The van der Waals surface area contributed by atoms with Gasteiger partial charge in [-0.25, -0.2) is 36.5 Å². The Morgan fingerprint density at radius 2 is 0.921 bits per heavy atom. The molecule has 6 heteroatoms. The molecular weight excluding hydrogens is 694 g/mol.